The highest BCUT2D eigenvalue weighted by Gasteiger charge is 2.40. The van der Waals surface area contributed by atoms with Crippen molar-refractivity contribution >= 4 is 21.8 Å². The van der Waals surface area contributed by atoms with E-state index in [0.29, 0.717) is 5.92 Å². The standard InChI is InChI=1S/C12H22BrNO/c1-10(2)9-12(5-3-4-6-12)11(15)14-8-7-13/h10H,3-9H2,1-2H3,(H,14,15). The minimum atomic E-state index is -0.0453. The van der Waals surface area contributed by atoms with Crippen LogP contribution in [-0.4, -0.2) is 17.8 Å². The molecule has 0 unspecified atom stereocenters. The van der Waals surface area contributed by atoms with Gasteiger partial charge in [-0.25, -0.2) is 0 Å². The summed E-state index contributed by atoms with van der Waals surface area (Å²) in [7, 11) is 0. The summed E-state index contributed by atoms with van der Waals surface area (Å²) >= 11 is 3.34. The van der Waals surface area contributed by atoms with Crippen LogP contribution in [0.3, 0.4) is 0 Å². The quantitative estimate of drug-likeness (QED) is 0.768. The van der Waals surface area contributed by atoms with Gasteiger partial charge in [0.25, 0.3) is 0 Å². The molecule has 2 nitrogen and oxygen atoms in total. The van der Waals surface area contributed by atoms with Gasteiger partial charge in [-0.2, -0.15) is 0 Å². The first-order valence-electron chi connectivity index (χ1n) is 5.95. The van der Waals surface area contributed by atoms with E-state index < -0.39 is 0 Å². The van der Waals surface area contributed by atoms with Gasteiger partial charge in [-0.15, -0.1) is 0 Å². The summed E-state index contributed by atoms with van der Waals surface area (Å²) in [4.78, 5) is 12.1. The van der Waals surface area contributed by atoms with Crippen LogP contribution >= 0.6 is 15.9 Å². The molecule has 0 atom stereocenters. The summed E-state index contributed by atoms with van der Waals surface area (Å²) in [6, 6.07) is 0. The van der Waals surface area contributed by atoms with Crippen LogP contribution in [0.15, 0.2) is 0 Å². The highest BCUT2D eigenvalue weighted by molar-refractivity contribution is 9.09. The van der Waals surface area contributed by atoms with Gasteiger partial charge in [0.2, 0.25) is 5.91 Å². The van der Waals surface area contributed by atoms with Crippen LogP contribution in [0.2, 0.25) is 0 Å². The molecule has 0 aromatic rings. The minimum absolute atomic E-state index is 0.0453. The van der Waals surface area contributed by atoms with Crippen molar-refractivity contribution in [1.82, 2.24) is 5.32 Å². The summed E-state index contributed by atoms with van der Waals surface area (Å²) in [5.41, 5.74) is -0.0453. The van der Waals surface area contributed by atoms with Crippen LogP contribution in [0.4, 0.5) is 0 Å². The highest BCUT2D eigenvalue weighted by atomic mass is 79.9. The maximum absolute atomic E-state index is 12.1. The molecule has 1 saturated carbocycles. The maximum Gasteiger partial charge on any atom is 0.226 e. The molecule has 0 bridgehead atoms. The van der Waals surface area contributed by atoms with Crippen LogP contribution in [0.1, 0.15) is 46.0 Å². The molecule has 0 spiro atoms. The Kier molecular flexibility index (Phi) is 5.10. The maximum atomic E-state index is 12.1. The van der Waals surface area contributed by atoms with Crippen molar-refractivity contribution in [2.75, 3.05) is 11.9 Å². The normalized spacial score (nSPS) is 19.5. The van der Waals surface area contributed by atoms with Gasteiger partial charge in [-0.3, -0.25) is 4.79 Å². The predicted molar refractivity (Wildman–Crippen MR) is 67.2 cm³/mol. The molecule has 1 N–H and O–H groups in total. The molecule has 1 fully saturated rings. The Morgan fingerprint density at radius 1 is 1.40 bits per heavy atom. The molecule has 1 aliphatic rings. The molecule has 0 aromatic carbocycles. The monoisotopic (exact) mass is 275 g/mol. The van der Waals surface area contributed by atoms with Crippen molar-refractivity contribution in [3.8, 4) is 0 Å². The lowest BCUT2D eigenvalue weighted by atomic mass is 9.78. The van der Waals surface area contributed by atoms with Crippen molar-refractivity contribution in [3.05, 3.63) is 0 Å². The van der Waals surface area contributed by atoms with Crippen LogP contribution in [0.5, 0.6) is 0 Å². The number of alkyl halides is 1. The molecule has 15 heavy (non-hydrogen) atoms. The van der Waals surface area contributed by atoms with E-state index in [1.807, 2.05) is 0 Å². The lowest BCUT2D eigenvalue weighted by Crippen LogP contribution is -2.40. The van der Waals surface area contributed by atoms with Gasteiger partial charge in [0.15, 0.2) is 0 Å². The Bertz CT molecular complexity index is 210. The first kappa shape index (κ1) is 13.0. The van der Waals surface area contributed by atoms with Crippen molar-refractivity contribution in [2.45, 2.75) is 46.0 Å². The zero-order valence-electron chi connectivity index (χ0n) is 9.81. The zero-order valence-corrected chi connectivity index (χ0v) is 11.4. The Labute approximate surface area is 101 Å². The molecule has 1 rings (SSSR count). The van der Waals surface area contributed by atoms with E-state index in [0.717, 1.165) is 31.1 Å². The Balaban J connectivity index is 2.59. The van der Waals surface area contributed by atoms with Crippen LogP contribution in [0, 0.1) is 11.3 Å². The van der Waals surface area contributed by atoms with Gasteiger partial charge in [0.05, 0.1) is 0 Å². The van der Waals surface area contributed by atoms with Crippen LogP contribution < -0.4 is 5.32 Å². The summed E-state index contributed by atoms with van der Waals surface area (Å²) in [6.45, 7) is 5.16. The number of carbonyl (C=O) groups is 1. The van der Waals surface area contributed by atoms with E-state index in [2.05, 4.69) is 35.1 Å². The van der Waals surface area contributed by atoms with Gasteiger partial charge in [0.1, 0.15) is 0 Å². The van der Waals surface area contributed by atoms with E-state index in [4.69, 9.17) is 0 Å². The summed E-state index contributed by atoms with van der Waals surface area (Å²) < 4.78 is 0. The number of hydrogen-bond acceptors (Lipinski definition) is 1. The number of hydrogen-bond donors (Lipinski definition) is 1. The second-order valence-corrected chi connectivity index (χ2v) is 5.82. The Morgan fingerprint density at radius 3 is 2.47 bits per heavy atom. The zero-order chi connectivity index (χ0) is 11.3. The smallest absolute Gasteiger partial charge is 0.226 e. The Morgan fingerprint density at radius 2 is 2.00 bits per heavy atom. The number of halogens is 1. The molecule has 1 aliphatic carbocycles. The second kappa shape index (κ2) is 5.88. The highest BCUT2D eigenvalue weighted by Crippen LogP contribution is 2.43. The van der Waals surface area contributed by atoms with E-state index in [9.17, 15) is 4.79 Å². The van der Waals surface area contributed by atoms with Gasteiger partial charge < -0.3 is 5.32 Å². The van der Waals surface area contributed by atoms with E-state index >= 15 is 0 Å². The van der Waals surface area contributed by atoms with Gasteiger partial charge >= 0.3 is 0 Å². The number of carbonyl (C=O) groups excluding carboxylic acids is 1. The average Bonchev–Trinajstić information content (AvgIpc) is 2.62. The van der Waals surface area contributed by atoms with Gasteiger partial charge in [-0.1, -0.05) is 42.6 Å². The van der Waals surface area contributed by atoms with Crippen LogP contribution in [0.25, 0.3) is 0 Å². The molecular weight excluding hydrogens is 254 g/mol. The first-order valence-corrected chi connectivity index (χ1v) is 7.07. The van der Waals surface area contributed by atoms with Crippen molar-refractivity contribution < 1.29 is 4.79 Å². The second-order valence-electron chi connectivity index (χ2n) is 5.03. The molecule has 0 radical (unpaired) electrons. The van der Waals surface area contributed by atoms with Crippen molar-refractivity contribution in [3.63, 3.8) is 0 Å². The third-order valence-corrected chi connectivity index (χ3v) is 3.62. The fourth-order valence-electron chi connectivity index (χ4n) is 2.71. The predicted octanol–water partition coefficient (Wildman–Crippen LogP) is 3.10. The summed E-state index contributed by atoms with van der Waals surface area (Å²) in [5, 5.41) is 3.88. The Hall–Kier alpha value is -0.0500. The lowest BCUT2D eigenvalue weighted by Gasteiger charge is -2.29. The summed E-state index contributed by atoms with van der Waals surface area (Å²) in [6.07, 6.45) is 5.64. The fourth-order valence-corrected chi connectivity index (χ4v) is 2.90. The molecule has 3 heteroatoms. The molecule has 0 aromatic heterocycles. The molecule has 0 aliphatic heterocycles. The first-order chi connectivity index (χ1) is 7.10. The number of nitrogens with one attached hydrogen (secondary N) is 1. The van der Waals surface area contributed by atoms with E-state index in [-0.39, 0.29) is 11.3 Å². The van der Waals surface area contributed by atoms with Crippen molar-refractivity contribution in [1.29, 1.82) is 0 Å². The SMILES string of the molecule is CC(C)CC1(C(=O)NCCBr)CCCC1. The lowest BCUT2D eigenvalue weighted by molar-refractivity contribution is -0.131. The summed E-state index contributed by atoms with van der Waals surface area (Å²) in [5.74, 6) is 0.894. The number of amides is 1. The molecule has 0 saturated heterocycles. The minimum Gasteiger partial charge on any atom is -0.355 e. The molecule has 88 valence electrons. The van der Waals surface area contributed by atoms with E-state index in [1.54, 1.807) is 0 Å². The molecular formula is C12H22BrNO. The van der Waals surface area contributed by atoms with Gasteiger partial charge in [-0.05, 0) is 25.2 Å². The topological polar surface area (TPSA) is 29.1 Å². The fraction of sp³-hybridized carbons (Fsp3) is 0.917. The van der Waals surface area contributed by atoms with Gasteiger partial charge in [0, 0.05) is 17.3 Å². The molecule has 0 heterocycles. The third-order valence-electron chi connectivity index (χ3n) is 3.22. The molecule has 1 amide bonds. The van der Waals surface area contributed by atoms with Crippen LogP contribution in [-0.2, 0) is 4.79 Å². The van der Waals surface area contributed by atoms with E-state index in [1.165, 1.54) is 12.8 Å². The average molecular weight is 276 g/mol. The number of rotatable bonds is 5. The largest absolute Gasteiger partial charge is 0.355 e. The third kappa shape index (κ3) is 3.47. The van der Waals surface area contributed by atoms with Crippen molar-refractivity contribution in [2.24, 2.45) is 11.3 Å².